The Morgan fingerprint density at radius 2 is 2.08 bits per heavy atom. The number of rotatable bonds is 8. The summed E-state index contributed by atoms with van der Waals surface area (Å²) in [6.07, 6.45) is 0.841. The molecule has 0 saturated carbocycles. The number of hydrogen-bond donors (Lipinski definition) is 1. The molecule has 1 aromatic heterocycles. The molecular formula is C16H23N5O4S. The molecule has 0 saturated heterocycles. The van der Waals surface area contributed by atoms with Crippen molar-refractivity contribution in [1.29, 1.82) is 0 Å². The third-order valence-corrected chi connectivity index (χ3v) is 5.16. The van der Waals surface area contributed by atoms with Crippen molar-refractivity contribution in [3.63, 3.8) is 0 Å². The minimum Gasteiger partial charge on any atom is -0.454 e. The molecule has 142 valence electrons. The first-order valence-corrected chi connectivity index (χ1v) is 9.78. The smallest absolute Gasteiger partial charge is 0.338 e. The van der Waals surface area contributed by atoms with Gasteiger partial charge in [-0.15, -0.1) is 5.10 Å². The van der Waals surface area contributed by atoms with Gasteiger partial charge in [-0.25, -0.2) is 22.6 Å². The van der Waals surface area contributed by atoms with E-state index in [1.54, 1.807) is 31.5 Å². The van der Waals surface area contributed by atoms with Crippen LogP contribution in [0.4, 0.5) is 0 Å². The normalized spacial score (nSPS) is 11.7. The number of ether oxygens (including phenoxy) is 1. The zero-order valence-corrected chi connectivity index (χ0v) is 16.1. The van der Waals surface area contributed by atoms with Crippen molar-refractivity contribution in [2.24, 2.45) is 0 Å². The lowest BCUT2D eigenvalue weighted by Gasteiger charge is -2.12. The van der Waals surface area contributed by atoms with Crippen LogP contribution in [-0.4, -0.2) is 40.6 Å². The Bertz CT molecular complexity index is 877. The van der Waals surface area contributed by atoms with E-state index < -0.39 is 16.0 Å². The standard InChI is InChI=1S/C16H23N5O4S/c1-5-8-21-15(17-19-20-21)10-25-16(22)14-9-13(7-6-12(14)4)26(23,24)18-11(2)3/h6-7,9,11,18H,5,8,10H2,1-4H3. The van der Waals surface area contributed by atoms with E-state index in [1.165, 1.54) is 12.1 Å². The van der Waals surface area contributed by atoms with Gasteiger partial charge in [0, 0.05) is 12.6 Å². The van der Waals surface area contributed by atoms with Crippen LogP contribution in [0.1, 0.15) is 48.9 Å². The third kappa shape index (κ3) is 4.85. The van der Waals surface area contributed by atoms with Crippen LogP contribution in [0.3, 0.4) is 0 Å². The Morgan fingerprint density at radius 1 is 1.35 bits per heavy atom. The number of carbonyl (C=O) groups excluding carboxylic acids is 1. The molecule has 2 rings (SSSR count). The summed E-state index contributed by atoms with van der Waals surface area (Å²) in [6, 6.07) is 4.09. The molecule has 0 atom stereocenters. The Kier molecular flexibility index (Phi) is 6.43. The summed E-state index contributed by atoms with van der Waals surface area (Å²) >= 11 is 0. The minimum atomic E-state index is -3.70. The van der Waals surface area contributed by atoms with Crippen LogP contribution in [0.15, 0.2) is 23.1 Å². The first-order chi connectivity index (χ1) is 12.2. The van der Waals surface area contributed by atoms with Crippen LogP contribution >= 0.6 is 0 Å². The molecule has 0 radical (unpaired) electrons. The molecule has 1 aromatic carbocycles. The van der Waals surface area contributed by atoms with Gasteiger partial charge in [-0.1, -0.05) is 13.0 Å². The number of carbonyl (C=O) groups is 1. The summed E-state index contributed by atoms with van der Waals surface area (Å²) in [5.74, 6) is -0.196. The van der Waals surface area contributed by atoms with Crippen LogP contribution < -0.4 is 4.72 Å². The highest BCUT2D eigenvalue weighted by atomic mass is 32.2. The number of aromatic nitrogens is 4. The van der Waals surface area contributed by atoms with E-state index in [9.17, 15) is 13.2 Å². The van der Waals surface area contributed by atoms with Crippen LogP contribution in [0.25, 0.3) is 0 Å². The highest BCUT2D eigenvalue weighted by Crippen LogP contribution is 2.17. The van der Waals surface area contributed by atoms with Gasteiger partial charge in [-0.3, -0.25) is 0 Å². The van der Waals surface area contributed by atoms with E-state index in [0.717, 1.165) is 6.42 Å². The van der Waals surface area contributed by atoms with Gasteiger partial charge in [-0.2, -0.15) is 0 Å². The van der Waals surface area contributed by atoms with E-state index in [2.05, 4.69) is 20.2 Å². The molecule has 2 aromatic rings. The van der Waals surface area contributed by atoms with E-state index in [0.29, 0.717) is 17.9 Å². The van der Waals surface area contributed by atoms with Crippen molar-refractivity contribution >= 4 is 16.0 Å². The number of benzene rings is 1. The lowest BCUT2D eigenvalue weighted by molar-refractivity contribution is 0.0455. The summed E-state index contributed by atoms with van der Waals surface area (Å²) < 4.78 is 33.9. The number of tetrazole rings is 1. The molecule has 0 unspecified atom stereocenters. The van der Waals surface area contributed by atoms with Gasteiger partial charge in [0.25, 0.3) is 0 Å². The van der Waals surface area contributed by atoms with Crippen molar-refractivity contribution in [3.05, 3.63) is 35.2 Å². The number of sulfonamides is 1. The molecule has 0 aliphatic carbocycles. The lowest BCUT2D eigenvalue weighted by atomic mass is 10.1. The first-order valence-electron chi connectivity index (χ1n) is 8.29. The first kappa shape index (κ1) is 20.0. The quantitative estimate of drug-likeness (QED) is 0.688. The maximum absolute atomic E-state index is 12.4. The van der Waals surface area contributed by atoms with Crippen LogP contribution in [-0.2, 0) is 27.9 Å². The van der Waals surface area contributed by atoms with E-state index >= 15 is 0 Å². The minimum absolute atomic E-state index is 0.0135. The molecule has 10 heteroatoms. The van der Waals surface area contributed by atoms with E-state index in [1.807, 2.05) is 6.92 Å². The maximum atomic E-state index is 12.4. The second-order valence-corrected chi connectivity index (χ2v) is 7.86. The van der Waals surface area contributed by atoms with Gasteiger partial charge in [0.05, 0.1) is 10.5 Å². The van der Waals surface area contributed by atoms with Gasteiger partial charge in [-0.05, 0) is 55.3 Å². The van der Waals surface area contributed by atoms with Crippen molar-refractivity contribution in [3.8, 4) is 0 Å². The zero-order valence-electron chi connectivity index (χ0n) is 15.3. The highest BCUT2D eigenvalue weighted by molar-refractivity contribution is 7.89. The van der Waals surface area contributed by atoms with Crippen LogP contribution in [0.5, 0.6) is 0 Å². The van der Waals surface area contributed by atoms with E-state index in [4.69, 9.17) is 4.74 Å². The number of nitrogens with one attached hydrogen (secondary N) is 1. The maximum Gasteiger partial charge on any atom is 0.338 e. The fourth-order valence-electron chi connectivity index (χ4n) is 2.29. The lowest BCUT2D eigenvalue weighted by Crippen LogP contribution is -2.30. The summed E-state index contributed by atoms with van der Waals surface area (Å²) in [4.78, 5) is 12.4. The average molecular weight is 381 g/mol. The largest absolute Gasteiger partial charge is 0.454 e. The molecule has 0 fully saturated rings. The predicted octanol–water partition coefficient (Wildman–Crippen LogP) is 1.44. The Hall–Kier alpha value is -2.33. The summed E-state index contributed by atoms with van der Waals surface area (Å²) in [5, 5.41) is 11.2. The summed E-state index contributed by atoms with van der Waals surface area (Å²) in [7, 11) is -3.70. The zero-order chi connectivity index (χ0) is 19.3. The molecule has 26 heavy (non-hydrogen) atoms. The van der Waals surface area contributed by atoms with Gasteiger partial charge in [0.2, 0.25) is 10.0 Å². The van der Waals surface area contributed by atoms with Gasteiger partial charge < -0.3 is 4.74 Å². The van der Waals surface area contributed by atoms with Gasteiger partial charge in [0.15, 0.2) is 12.4 Å². The topological polar surface area (TPSA) is 116 Å². The Balaban J connectivity index is 2.18. The second kappa shape index (κ2) is 8.37. The van der Waals surface area contributed by atoms with Crippen molar-refractivity contribution in [2.75, 3.05) is 0 Å². The monoisotopic (exact) mass is 381 g/mol. The Labute approximate surface area is 152 Å². The van der Waals surface area contributed by atoms with Crippen molar-refractivity contribution in [1.82, 2.24) is 24.9 Å². The summed E-state index contributed by atoms with van der Waals surface area (Å²) in [5.41, 5.74) is 0.804. The highest BCUT2D eigenvalue weighted by Gasteiger charge is 2.20. The van der Waals surface area contributed by atoms with Crippen LogP contribution in [0, 0.1) is 6.92 Å². The molecule has 1 N–H and O–H groups in total. The fraction of sp³-hybridized carbons (Fsp3) is 0.500. The molecule has 0 amide bonds. The van der Waals surface area contributed by atoms with Crippen LogP contribution in [0.2, 0.25) is 0 Å². The number of esters is 1. The van der Waals surface area contributed by atoms with Gasteiger partial charge in [0.1, 0.15) is 0 Å². The Morgan fingerprint density at radius 3 is 2.73 bits per heavy atom. The number of aryl methyl sites for hydroxylation is 2. The SMILES string of the molecule is CCCn1nnnc1COC(=O)c1cc(S(=O)(=O)NC(C)C)ccc1C. The molecule has 0 spiro atoms. The molecule has 1 heterocycles. The molecule has 0 bridgehead atoms. The molecule has 0 aliphatic rings. The molecule has 0 aliphatic heterocycles. The van der Waals surface area contributed by atoms with Crippen molar-refractivity contribution < 1.29 is 17.9 Å². The average Bonchev–Trinajstić information content (AvgIpc) is 2.99. The number of nitrogens with zero attached hydrogens (tertiary/aromatic N) is 4. The number of hydrogen-bond acceptors (Lipinski definition) is 7. The predicted molar refractivity (Wildman–Crippen MR) is 93.9 cm³/mol. The van der Waals surface area contributed by atoms with E-state index in [-0.39, 0.29) is 23.1 Å². The molecular weight excluding hydrogens is 358 g/mol. The van der Waals surface area contributed by atoms with Gasteiger partial charge >= 0.3 is 5.97 Å². The third-order valence-electron chi connectivity index (χ3n) is 3.50. The summed E-state index contributed by atoms with van der Waals surface area (Å²) in [6.45, 7) is 7.67. The molecule has 9 nitrogen and oxygen atoms in total. The van der Waals surface area contributed by atoms with Crippen molar-refractivity contribution in [2.45, 2.75) is 58.2 Å². The second-order valence-electron chi connectivity index (χ2n) is 6.15. The fourth-order valence-corrected chi connectivity index (χ4v) is 3.56.